The van der Waals surface area contributed by atoms with Gasteiger partial charge >= 0.3 is 0 Å². The fourth-order valence-corrected chi connectivity index (χ4v) is 1.29. The van der Waals surface area contributed by atoms with Crippen LogP contribution in [-0.2, 0) is 0 Å². The van der Waals surface area contributed by atoms with Gasteiger partial charge in [-0.1, -0.05) is 13.8 Å². The van der Waals surface area contributed by atoms with Gasteiger partial charge in [0, 0.05) is 11.8 Å². The van der Waals surface area contributed by atoms with Crippen molar-refractivity contribution in [3.05, 3.63) is 23.8 Å². The van der Waals surface area contributed by atoms with Gasteiger partial charge < -0.3 is 9.47 Å². The van der Waals surface area contributed by atoms with E-state index >= 15 is 0 Å². The highest BCUT2D eigenvalue weighted by Crippen LogP contribution is 2.27. The minimum absolute atomic E-state index is 0.284. The van der Waals surface area contributed by atoms with Gasteiger partial charge in [-0.3, -0.25) is 4.79 Å². The monoisotopic (exact) mass is 250 g/mol. The number of hydrazone groups is 1. The van der Waals surface area contributed by atoms with Crippen molar-refractivity contribution < 1.29 is 14.3 Å². The number of amides is 1. The van der Waals surface area contributed by atoms with Crippen LogP contribution in [0.3, 0.4) is 0 Å². The molecule has 1 rings (SSSR count). The first-order chi connectivity index (χ1) is 8.58. The molecule has 0 radical (unpaired) electrons. The first-order valence-electron chi connectivity index (χ1n) is 5.64. The number of carbonyl (C=O) groups is 1. The average Bonchev–Trinajstić information content (AvgIpc) is 2.37. The van der Waals surface area contributed by atoms with E-state index in [1.807, 2.05) is 13.8 Å². The Hall–Kier alpha value is -2.04. The van der Waals surface area contributed by atoms with E-state index in [1.165, 1.54) is 7.11 Å². The van der Waals surface area contributed by atoms with Crippen molar-refractivity contribution in [3.8, 4) is 11.5 Å². The Balaban J connectivity index is 2.80. The molecule has 1 aromatic rings. The molecule has 0 saturated heterocycles. The summed E-state index contributed by atoms with van der Waals surface area (Å²) in [6.07, 6.45) is 1.67. The third-order valence-electron chi connectivity index (χ3n) is 2.18. The number of rotatable bonds is 5. The first kappa shape index (κ1) is 14.0. The summed E-state index contributed by atoms with van der Waals surface area (Å²) in [4.78, 5) is 11.8. The van der Waals surface area contributed by atoms with Gasteiger partial charge in [0.05, 0.1) is 14.2 Å². The Bertz CT molecular complexity index is 442. The zero-order chi connectivity index (χ0) is 13.5. The molecule has 0 aliphatic carbocycles. The lowest BCUT2D eigenvalue weighted by molar-refractivity contribution is 0.0954. The number of hydrogen-bond donors (Lipinski definition) is 1. The fraction of sp³-hybridized carbons (Fsp3) is 0.385. The van der Waals surface area contributed by atoms with Crippen molar-refractivity contribution >= 4 is 12.1 Å². The first-order valence-corrected chi connectivity index (χ1v) is 5.64. The van der Waals surface area contributed by atoms with Crippen LogP contribution in [0.2, 0.25) is 0 Å². The lowest BCUT2D eigenvalue weighted by Gasteiger charge is -2.08. The molecular formula is C13H18N2O3. The van der Waals surface area contributed by atoms with E-state index in [0.717, 1.165) is 0 Å². The van der Waals surface area contributed by atoms with Gasteiger partial charge in [-0.15, -0.1) is 0 Å². The van der Waals surface area contributed by atoms with E-state index in [1.54, 1.807) is 31.5 Å². The minimum Gasteiger partial charge on any atom is -0.493 e. The summed E-state index contributed by atoms with van der Waals surface area (Å²) in [7, 11) is 3.07. The smallest absolute Gasteiger partial charge is 0.271 e. The average molecular weight is 250 g/mol. The quantitative estimate of drug-likeness (QED) is 0.643. The number of nitrogens with one attached hydrogen (secondary N) is 1. The summed E-state index contributed by atoms with van der Waals surface area (Å²) in [5.41, 5.74) is 2.92. The molecule has 1 N–H and O–H groups in total. The molecule has 0 saturated carbocycles. The molecule has 98 valence electrons. The highest BCUT2D eigenvalue weighted by atomic mass is 16.5. The number of nitrogens with zero attached hydrogens (tertiary/aromatic N) is 1. The van der Waals surface area contributed by atoms with Crippen molar-refractivity contribution in [2.45, 2.75) is 13.8 Å². The van der Waals surface area contributed by atoms with Crippen molar-refractivity contribution in [1.29, 1.82) is 0 Å². The third kappa shape index (κ3) is 3.76. The zero-order valence-corrected chi connectivity index (χ0v) is 11.1. The largest absolute Gasteiger partial charge is 0.493 e. The van der Waals surface area contributed by atoms with E-state index in [-0.39, 0.29) is 11.8 Å². The highest BCUT2D eigenvalue weighted by molar-refractivity contribution is 5.95. The number of carbonyl (C=O) groups excluding carboxylic acids is 1. The fourth-order valence-electron chi connectivity index (χ4n) is 1.29. The molecule has 0 spiro atoms. The van der Waals surface area contributed by atoms with Gasteiger partial charge in [-0.25, -0.2) is 5.43 Å². The van der Waals surface area contributed by atoms with Gasteiger partial charge in [0.15, 0.2) is 11.5 Å². The van der Waals surface area contributed by atoms with Crippen LogP contribution in [-0.4, -0.2) is 26.3 Å². The minimum atomic E-state index is -0.284. The molecule has 0 heterocycles. The lowest BCUT2D eigenvalue weighted by atomic mass is 10.2. The van der Waals surface area contributed by atoms with Crippen LogP contribution in [0, 0.1) is 5.92 Å². The van der Waals surface area contributed by atoms with Crippen molar-refractivity contribution in [2.24, 2.45) is 11.0 Å². The van der Waals surface area contributed by atoms with Crippen molar-refractivity contribution in [2.75, 3.05) is 14.2 Å². The Labute approximate surface area is 107 Å². The van der Waals surface area contributed by atoms with Gasteiger partial charge in [0.2, 0.25) is 0 Å². The van der Waals surface area contributed by atoms with E-state index < -0.39 is 0 Å². The maximum Gasteiger partial charge on any atom is 0.271 e. The van der Waals surface area contributed by atoms with Crippen LogP contribution in [0.15, 0.2) is 23.3 Å². The summed E-state index contributed by atoms with van der Waals surface area (Å²) in [5.74, 6) is 1.10. The normalized spacial score (nSPS) is 10.7. The molecule has 0 aliphatic heterocycles. The summed E-state index contributed by atoms with van der Waals surface area (Å²) in [6, 6.07) is 4.94. The maximum absolute atomic E-state index is 11.8. The van der Waals surface area contributed by atoms with E-state index in [0.29, 0.717) is 17.1 Å². The van der Waals surface area contributed by atoms with Crippen LogP contribution < -0.4 is 14.9 Å². The highest BCUT2D eigenvalue weighted by Gasteiger charge is 2.09. The van der Waals surface area contributed by atoms with Gasteiger partial charge in [0.1, 0.15) is 0 Å². The molecule has 1 aromatic carbocycles. The second-order valence-electron chi connectivity index (χ2n) is 4.03. The molecule has 5 nitrogen and oxygen atoms in total. The molecule has 0 aromatic heterocycles. The SMILES string of the molecule is COc1ccc(C(=O)NN=CC(C)C)cc1OC. The van der Waals surface area contributed by atoms with Gasteiger partial charge in [-0.05, 0) is 24.1 Å². The van der Waals surface area contributed by atoms with Crippen LogP contribution in [0.4, 0.5) is 0 Å². The zero-order valence-electron chi connectivity index (χ0n) is 11.1. The predicted molar refractivity (Wildman–Crippen MR) is 70.3 cm³/mol. The van der Waals surface area contributed by atoms with E-state index in [4.69, 9.17) is 9.47 Å². The Morgan fingerprint density at radius 3 is 2.50 bits per heavy atom. The van der Waals surface area contributed by atoms with Crippen molar-refractivity contribution in [1.82, 2.24) is 5.43 Å². The lowest BCUT2D eigenvalue weighted by Crippen LogP contribution is -2.18. The maximum atomic E-state index is 11.8. The molecule has 0 bridgehead atoms. The Morgan fingerprint density at radius 1 is 1.28 bits per heavy atom. The molecular weight excluding hydrogens is 232 g/mol. The Morgan fingerprint density at radius 2 is 1.94 bits per heavy atom. The summed E-state index contributed by atoms with van der Waals surface area (Å²) in [5, 5.41) is 3.85. The molecule has 0 fully saturated rings. The van der Waals surface area contributed by atoms with Gasteiger partial charge in [-0.2, -0.15) is 5.10 Å². The third-order valence-corrected chi connectivity index (χ3v) is 2.18. The summed E-state index contributed by atoms with van der Waals surface area (Å²) < 4.78 is 10.2. The molecule has 1 amide bonds. The van der Waals surface area contributed by atoms with Crippen molar-refractivity contribution in [3.63, 3.8) is 0 Å². The number of benzene rings is 1. The molecule has 18 heavy (non-hydrogen) atoms. The van der Waals surface area contributed by atoms with Crippen LogP contribution in [0.5, 0.6) is 11.5 Å². The molecule has 0 aliphatic rings. The van der Waals surface area contributed by atoms with E-state index in [2.05, 4.69) is 10.5 Å². The second-order valence-corrected chi connectivity index (χ2v) is 4.03. The standard InChI is InChI=1S/C13H18N2O3/c1-9(2)8-14-15-13(16)10-5-6-11(17-3)12(7-10)18-4/h5-9H,1-4H3,(H,15,16). The predicted octanol–water partition coefficient (Wildman–Crippen LogP) is 2.08. The topological polar surface area (TPSA) is 59.9 Å². The summed E-state index contributed by atoms with van der Waals surface area (Å²) in [6.45, 7) is 3.96. The van der Waals surface area contributed by atoms with Crippen LogP contribution in [0.1, 0.15) is 24.2 Å². The number of hydrogen-bond acceptors (Lipinski definition) is 4. The molecule has 0 unspecified atom stereocenters. The summed E-state index contributed by atoms with van der Waals surface area (Å²) >= 11 is 0. The van der Waals surface area contributed by atoms with E-state index in [9.17, 15) is 4.79 Å². The van der Waals surface area contributed by atoms with Crippen LogP contribution in [0.25, 0.3) is 0 Å². The van der Waals surface area contributed by atoms with Crippen LogP contribution >= 0.6 is 0 Å². The molecule has 5 heteroatoms. The van der Waals surface area contributed by atoms with Gasteiger partial charge in [0.25, 0.3) is 5.91 Å². The Kier molecular flexibility index (Phi) is 5.17. The molecule has 0 atom stereocenters. The second kappa shape index (κ2) is 6.64. The number of methoxy groups -OCH3 is 2. The number of ether oxygens (including phenoxy) is 2.